The highest BCUT2D eigenvalue weighted by atomic mass is 32.1. The molecule has 0 bridgehead atoms. The summed E-state index contributed by atoms with van der Waals surface area (Å²) in [6.07, 6.45) is 0. The molecule has 0 spiro atoms. The second kappa shape index (κ2) is 8.76. The van der Waals surface area contributed by atoms with Crippen LogP contribution in [0.2, 0.25) is 0 Å². The smallest absolute Gasteiger partial charge is 0.189 e. The summed E-state index contributed by atoms with van der Waals surface area (Å²) >= 11 is 10.4. The summed E-state index contributed by atoms with van der Waals surface area (Å²) in [4.78, 5) is 2.08. The van der Waals surface area contributed by atoms with Crippen LogP contribution in [-0.2, 0) is 0 Å². The van der Waals surface area contributed by atoms with E-state index in [4.69, 9.17) is 24.4 Å². The molecular formula is C14H23N5S2. The van der Waals surface area contributed by atoms with E-state index in [1.54, 1.807) is 0 Å². The molecule has 0 fully saturated rings. The van der Waals surface area contributed by atoms with Gasteiger partial charge in [0, 0.05) is 18.8 Å². The number of hydrogen-bond acceptors (Lipinski definition) is 3. The fourth-order valence-corrected chi connectivity index (χ4v) is 2.01. The standard InChI is InChI=1S/C14H23N5S2/c1-10-6-5-7-11(2)12(10)16-14(21)18-17-13(20)15-8-9-19(3)4/h5-7H,8-9H2,1-4H3,(H2,15,17,20)(H2,16,18,21). The summed E-state index contributed by atoms with van der Waals surface area (Å²) in [7, 11) is 4.03. The molecule has 116 valence electrons. The van der Waals surface area contributed by atoms with Crippen molar-refractivity contribution in [3.8, 4) is 0 Å². The minimum Gasteiger partial charge on any atom is -0.360 e. The van der Waals surface area contributed by atoms with Crippen LogP contribution in [0.15, 0.2) is 18.2 Å². The van der Waals surface area contributed by atoms with E-state index in [0.29, 0.717) is 10.2 Å². The first-order valence-corrected chi connectivity index (χ1v) is 7.53. The average Bonchev–Trinajstić information content (AvgIpc) is 2.40. The lowest BCUT2D eigenvalue weighted by molar-refractivity contribution is 0.412. The summed E-state index contributed by atoms with van der Waals surface area (Å²) in [5, 5.41) is 7.25. The van der Waals surface area contributed by atoms with Crippen LogP contribution in [0, 0.1) is 13.8 Å². The van der Waals surface area contributed by atoms with Gasteiger partial charge < -0.3 is 15.5 Å². The number of hydrogen-bond donors (Lipinski definition) is 4. The Labute approximate surface area is 137 Å². The Morgan fingerprint density at radius 1 is 1.05 bits per heavy atom. The van der Waals surface area contributed by atoms with Gasteiger partial charge in [-0.3, -0.25) is 10.9 Å². The molecule has 0 amide bonds. The fraction of sp³-hybridized carbons (Fsp3) is 0.429. The van der Waals surface area contributed by atoms with Crippen molar-refractivity contribution in [1.82, 2.24) is 21.1 Å². The van der Waals surface area contributed by atoms with Crippen LogP contribution in [0.25, 0.3) is 0 Å². The van der Waals surface area contributed by atoms with E-state index >= 15 is 0 Å². The monoisotopic (exact) mass is 325 g/mol. The van der Waals surface area contributed by atoms with E-state index in [2.05, 4.69) is 26.4 Å². The van der Waals surface area contributed by atoms with Crippen LogP contribution in [0.4, 0.5) is 5.69 Å². The Hall–Kier alpha value is -1.44. The van der Waals surface area contributed by atoms with Gasteiger partial charge in [0.25, 0.3) is 0 Å². The molecule has 7 heteroatoms. The van der Waals surface area contributed by atoms with Crippen LogP contribution in [0.3, 0.4) is 0 Å². The van der Waals surface area contributed by atoms with Gasteiger partial charge >= 0.3 is 0 Å². The highest BCUT2D eigenvalue weighted by Crippen LogP contribution is 2.18. The number of likely N-dealkylation sites (N-methyl/N-ethyl adjacent to an activating group) is 1. The van der Waals surface area contributed by atoms with E-state index in [1.807, 2.05) is 46.1 Å². The summed E-state index contributed by atoms with van der Waals surface area (Å²) in [5.74, 6) is 0. The zero-order valence-electron chi connectivity index (χ0n) is 12.9. The molecule has 1 aromatic carbocycles. The zero-order valence-corrected chi connectivity index (χ0v) is 14.5. The Balaban J connectivity index is 2.36. The van der Waals surface area contributed by atoms with Crippen molar-refractivity contribution in [2.24, 2.45) is 0 Å². The predicted octanol–water partition coefficient (Wildman–Crippen LogP) is 1.53. The molecule has 0 aliphatic rings. The zero-order chi connectivity index (χ0) is 15.8. The topological polar surface area (TPSA) is 51.4 Å². The molecule has 0 saturated carbocycles. The summed E-state index contributed by atoms with van der Waals surface area (Å²) < 4.78 is 0. The first kappa shape index (κ1) is 17.6. The van der Waals surface area contributed by atoms with E-state index in [9.17, 15) is 0 Å². The van der Waals surface area contributed by atoms with Gasteiger partial charge in [0.05, 0.1) is 0 Å². The van der Waals surface area contributed by atoms with Gasteiger partial charge in [-0.1, -0.05) is 18.2 Å². The van der Waals surface area contributed by atoms with E-state index in [0.717, 1.165) is 29.9 Å². The van der Waals surface area contributed by atoms with Crippen molar-refractivity contribution in [3.05, 3.63) is 29.3 Å². The number of hydrazine groups is 1. The number of thiocarbonyl (C=S) groups is 2. The molecule has 0 radical (unpaired) electrons. The number of nitrogens with zero attached hydrogens (tertiary/aromatic N) is 1. The fourth-order valence-electron chi connectivity index (χ4n) is 1.71. The molecule has 0 saturated heterocycles. The van der Waals surface area contributed by atoms with Gasteiger partial charge in [-0.25, -0.2) is 0 Å². The Kier molecular flexibility index (Phi) is 7.35. The second-order valence-electron chi connectivity index (χ2n) is 5.03. The van der Waals surface area contributed by atoms with Crippen molar-refractivity contribution < 1.29 is 0 Å². The number of anilines is 1. The summed E-state index contributed by atoms with van der Waals surface area (Å²) in [6, 6.07) is 6.10. The maximum atomic E-state index is 5.25. The first-order valence-electron chi connectivity index (χ1n) is 6.72. The number of nitrogens with one attached hydrogen (secondary N) is 4. The maximum Gasteiger partial charge on any atom is 0.189 e. The largest absolute Gasteiger partial charge is 0.360 e. The summed E-state index contributed by atoms with van der Waals surface area (Å²) in [6.45, 7) is 5.77. The molecule has 0 atom stereocenters. The third kappa shape index (κ3) is 6.70. The quantitative estimate of drug-likeness (QED) is 0.495. The highest BCUT2D eigenvalue weighted by Gasteiger charge is 2.04. The van der Waals surface area contributed by atoms with Crippen LogP contribution in [0.1, 0.15) is 11.1 Å². The van der Waals surface area contributed by atoms with Gasteiger partial charge in [0.1, 0.15) is 0 Å². The lowest BCUT2D eigenvalue weighted by atomic mass is 10.1. The van der Waals surface area contributed by atoms with Crippen molar-refractivity contribution in [3.63, 3.8) is 0 Å². The number of rotatable bonds is 4. The van der Waals surface area contributed by atoms with Crippen molar-refractivity contribution in [2.75, 3.05) is 32.5 Å². The minimum atomic E-state index is 0.476. The highest BCUT2D eigenvalue weighted by molar-refractivity contribution is 7.80. The van der Waals surface area contributed by atoms with Gasteiger partial charge in [-0.05, 0) is 63.5 Å². The Bertz CT molecular complexity index is 482. The van der Waals surface area contributed by atoms with Gasteiger partial charge in [0.2, 0.25) is 0 Å². The van der Waals surface area contributed by atoms with E-state index < -0.39 is 0 Å². The molecule has 0 unspecified atom stereocenters. The van der Waals surface area contributed by atoms with Gasteiger partial charge in [-0.15, -0.1) is 0 Å². The van der Waals surface area contributed by atoms with Crippen molar-refractivity contribution in [1.29, 1.82) is 0 Å². The first-order chi connectivity index (χ1) is 9.90. The number of benzene rings is 1. The average molecular weight is 326 g/mol. The molecule has 0 aliphatic heterocycles. The van der Waals surface area contributed by atoms with Crippen molar-refractivity contribution in [2.45, 2.75) is 13.8 Å². The lowest BCUT2D eigenvalue weighted by Gasteiger charge is -2.17. The minimum absolute atomic E-state index is 0.476. The molecule has 0 aliphatic carbocycles. The molecule has 0 aromatic heterocycles. The molecule has 4 N–H and O–H groups in total. The lowest BCUT2D eigenvalue weighted by Crippen LogP contribution is -2.49. The molecule has 0 heterocycles. The molecule has 1 aromatic rings. The molecule has 1 rings (SSSR count). The normalized spacial score (nSPS) is 10.1. The number of aryl methyl sites for hydroxylation is 2. The molecular weight excluding hydrogens is 302 g/mol. The molecule has 21 heavy (non-hydrogen) atoms. The third-order valence-corrected chi connectivity index (χ3v) is 3.30. The Morgan fingerprint density at radius 3 is 2.19 bits per heavy atom. The van der Waals surface area contributed by atoms with Gasteiger partial charge in [0.15, 0.2) is 10.2 Å². The van der Waals surface area contributed by atoms with Gasteiger partial charge in [-0.2, -0.15) is 0 Å². The van der Waals surface area contributed by atoms with E-state index in [1.165, 1.54) is 0 Å². The SMILES string of the molecule is Cc1cccc(C)c1NC(=S)NNC(=S)NCCN(C)C. The van der Waals surface area contributed by atoms with Crippen LogP contribution >= 0.6 is 24.4 Å². The second-order valence-corrected chi connectivity index (χ2v) is 5.85. The maximum absolute atomic E-state index is 5.25. The summed E-state index contributed by atoms with van der Waals surface area (Å²) in [5.41, 5.74) is 9.05. The van der Waals surface area contributed by atoms with E-state index in [-0.39, 0.29) is 0 Å². The molecule has 5 nitrogen and oxygen atoms in total. The van der Waals surface area contributed by atoms with Crippen LogP contribution in [0.5, 0.6) is 0 Å². The van der Waals surface area contributed by atoms with Crippen LogP contribution in [-0.4, -0.2) is 42.3 Å². The number of para-hydroxylation sites is 1. The van der Waals surface area contributed by atoms with Crippen LogP contribution < -0.4 is 21.5 Å². The Morgan fingerprint density at radius 2 is 1.62 bits per heavy atom. The predicted molar refractivity (Wildman–Crippen MR) is 97.6 cm³/mol. The van der Waals surface area contributed by atoms with Crippen molar-refractivity contribution >= 4 is 40.3 Å². The third-order valence-electron chi connectivity index (χ3n) is 2.85.